The molecule has 6 atom stereocenters. The first-order valence-corrected chi connectivity index (χ1v) is 27.2. The molecular weight excluding hydrogens is 945 g/mol. The molecule has 2 aromatic carbocycles. The van der Waals surface area contributed by atoms with Crippen molar-refractivity contribution in [2.24, 2.45) is 0 Å². The van der Waals surface area contributed by atoms with Gasteiger partial charge in [0.1, 0.15) is 67.3 Å². The summed E-state index contributed by atoms with van der Waals surface area (Å²) in [4.78, 5) is 8.10. The third kappa shape index (κ3) is 14.6. The molecule has 2 unspecified atom stereocenters. The summed E-state index contributed by atoms with van der Waals surface area (Å²) in [5.41, 5.74) is 7.09. The normalized spacial score (nSPS) is 20.6. The number of nitrogens with two attached hydrogens (primary N) is 1. The molecule has 5 aromatic rings. The highest BCUT2D eigenvalue weighted by Crippen LogP contribution is 2.55. The molecule has 3 aromatic heterocycles. The largest absolute Gasteiger partial charge is 0.530 e. The second kappa shape index (κ2) is 26.1. The number of aromatic nitrogens is 6. The number of para-hydroxylation sites is 1. The van der Waals surface area contributed by atoms with Crippen LogP contribution in [0.1, 0.15) is 159 Å². The van der Waals surface area contributed by atoms with Gasteiger partial charge in [-0.15, -0.1) is 0 Å². The number of benzene rings is 2. The zero-order chi connectivity index (χ0) is 50.1. The molecule has 17 nitrogen and oxygen atoms in total. The van der Waals surface area contributed by atoms with Crippen molar-refractivity contribution < 1.29 is 37.1 Å². The van der Waals surface area contributed by atoms with Crippen molar-refractivity contribution in [3.63, 3.8) is 0 Å². The summed E-state index contributed by atoms with van der Waals surface area (Å²) in [6, 6.07) is 19.9. The van der Waals surface area contributed by atoms with Gasteiger partial charge in [0.25, 0.3) is 0 Å². The number of fused-ring (bicyclic) bond motifs is 2. The van der Waals surface area contributed by atoms with Crippen LogP contribution in [-0.2, 0) is 39.2 Å². The van der Waals surface area contributed by atoms with Crippen LogP contribution in [0, 0.1) is 22.7 Å². The summed E-state index contributed by atoms with van der Waals surface area (Å²) in [5.74, 6) is -0.807. The first-order chi connectivity index (χ1) is 34.5. The van der Waals surface area contributed by atoms with Gasteiger partial charge < -0.3 is 29.2 Å². The highest BCUT2D eigenvalue weighted by molar-refractivity contribution is 7.49. The summed E-state index contributed by atoms with van der Waals surface area (Å²) in [6.07, 6.45) is 22.9. The summed E-state index contributed by atoms with van der Waals surface area (Å²) in [5, 5.41) is 29.7. The number of phosphoric ester groups is 1. The van der Waals surface area contributed by atoms with E-state index in [-0.39, 0.29) is 29.8 Å². The molecule has 0 spiro atoms. The van der Waals surface area contributed by atoms with Crippen molar-refractivity contribution in [3.8, 4) is 23.6 Å². The van der Waals surface area contributed by atoms with Crippen LogP contribution in [0.3, 0.4) is 0 Å². The van der Waals surface area contributed by atoms with Crippen molar-refractivity contribution in [1.82, 2.24) is 29.4 Å². The van der Waals surface area contributed by atoms with Crippen LogP contribution >= 0.6 is 19.4 Å². The molecule has 2 aliphatic heterocycles. The molecule has 2 saturated heterocycles. The average Bonchev–Trinajstić information content (AvgIpc) is 4.18. The van der Waals surface area contributed by atoms with E-state index in [2.05, 4.69) is 39.2 Å². The Labute approximate surface area is 422 Å². The fourth-order valence-electron chi connectivity index (χ4n) is 9.29. The zero-order valence-electron chi connectivity index (χ0n) is 41.3. The van der Waals surface area contributed by atoms with Gasteiger partial charge in [-0.2, -0.15) is 20.7 Å². The van der Waals surface area contributed by atoms with Crippen molar-refractivity contribution in [2.75, 3.05) is 18.9 Å². The molecular formula is C52H69ClN9O8P. The number of ether oxygens (including phenoxy) is 4. The van der Waals surface area contributed by atoms with E-state index in [1.807, 2.05) is 6.07 Å². The van der Waals surface area contributed by atoms with Crippen LogP contribution in [-0.4, -0.2) is 72.3 Å². The quantitative estimate of drug-likeness (QED) is 0.0323. The summed E-state index contributed by atoms with van der Waals surface area (Å²) < 4.78 is 62.3. The molecule has 0 saturated carbocycles. The summed E-state index contributed by atoms with van der Waals surface area (Å²) in [7, 11) is -4.64. The molecule has 0 bridgehead atoms. The SMILES string of the molecule is CCCCCCCCCCCCCCCCCCC[C@H](COP(=O)(OC[C@@]1(C#N)OC(c2ccc3c(N)ncnn23)[C@@H]2OC(C)(C)O[C@@H]21)Oc1ccccc1Cl)OCc1ccc(-n2cncn2)c(C#N)c1. The van der Waals surface area contributed by atoms with E-state index in [1.54, 1.807) is 66.9 Å². The van der Waals surface area contributed by atoms with Gasteiger partial charge in [-0.05, 0) is 62.2 Å². The second-order valence-electron chi connectivity index (χ2n) is 19.0. The molecule has 2 N–H and O–H groups in total. The Morgan fingerprint density at radius 2 is 1.54 bits per heavy atom. The third-order valence-electron chi connectivity index (χ3n) is 13.1. The van der Waals surface area contributed by atoms with Gasteiger partial charge >= 0.3 is 7.82 Å². The number of nitrogens with zero attached hydrogens (tertiary/aromatic N) is 8. The lowest BCUT2D eigenvalue weighted by Crippen LogP contribution is -2.46. The minimum Gasteiger partial charge on any atom is -0.402 e. The molecule has 0 radical (unpaired) electrons. The number of rotatable bonds is 31. The van der Waals surface area contributed by atoms with Crippen molar-refractivity contribution >= 4 is 30.8 Å². The molecule has 0 amide bonds. The minimum absolute atomic E-state index is 0.0484. The van der Waals surface area contributed by atoms with Crippen molar-refractivity contribution in [2.45, 2.75) is 179 Å². The fraction of sp³-hybridized carbons (Fsp3) is 0.577. The standard InChI is InChI=1S/C52H69ClN9O8P/c1-4-5-6-7-8-9-10-11-12-13-14-15-16-17-18-19-20-23-41(64-32-39-26-27-43(40(30-39)31-54)61-38-57-36-59-61)33-65-71(63,70-46-25-22-21-24-42(46)53)66-35-52(34-55)49-48(67-51(2,3)69-49)47(68-52)44-28-29-45-50(56)58-37-60-62(44)45/h21-22,24-30,36-38,41,47-49H,4-20,23,32-33,35H2,1-3H3,(H2,56,58,60)/t41-,47?,48+,49+,52-,71?/m1/s1. The number of hydrogen-bond acceptors (Lipinski definition) is 15. The number of halogens is 1. The second-order valence-corrected chi connectivity index (χ2v) is 21.0. The first-order valence-electron chi connectivity index (χ1n) is 25.3. The van der Waals surface area contributed by atoms with Crippen LogP contribution in [0.4, 0.5) is 5.82 Å². The minimum atomic E-state index is -4.64. The van der Waals surface area contributed by atoms with E-state index in [9.17, 15) is 10.5 Å². The predicted octanol–water partition coefficient (Wildman–Crippen LogP) is 12.1. The maximum atomic E-state index is 15.0. The van der Waals surface area contributed by atoms with Crippen LogP contribution in [0.5, 0.6) is 5.75 Å². The van der Waals surface area contributed by atoms with Crippen molar-refractivity contribution in [3.05, 3.63) is 95.4 Å². The molecule has 2 aliphatic rings. The van der Waals surface area contributed by atoms with Crippen LogP contribution in [0.15, 0.2) is 73.6 Å². The number of phosphoric acid groups is 1. The zero-order valence-corrected chi connectivity index (χ0v) is 43.0. The van der Waals surface area contributed by atoms with Crippen LogP contribution < -0.4 is 10.3 Å². The predicted molar refractivity (Wildman–Crippen MR) is 268 cm³/mol. The highest BCUT2D eigenvalue weighted by Gasteiger charge is 2.65. The van der Waals surface area contributed by atoms with Crippen LogP contribution in [0.2, 0.25) is 5.02 Å². The smallest absolute Gasteiger partial charge is 0.402 e. The molecule has 5 heterocycles. The van der Waals surface area contributed by atoms with Gasteiger partial charge in [0, 0.05) is 0 Å². The number of nitriles is 2. The molecule has 19 heteroatoms. The van der Waals surface area contributed by atoms with E-state index in [0.29, 0.717) is 28.9 Å². The maximum Gasteiger partial charge on any atom is 0.530 e. The summed E-state index contributed by atoms with van der Waals surface area (Å²) >= 11 is 6.54. The Morgan fingerprint density at radius 1 is 0.845 bits per heavy atom. The molecule has 7 rings (SSSR count). The Balaban J connectivity index is 1.01. The van der Waals surface area contributed by atoms with Gasteiger partial charge in [0.15, 0.2) is 11.6 Å². The third-order valence-corrected chi connectivity index (χ3v) is 14.7. The number of hydrogen-bond donors (Lipinski definition) is 1. The monoisotopic (exact) mass is 1010 g/mol. The first kappa shape index (κ1) is 53.8. The lowest BCUT2D eigenvalue weighted by Gasteiger charge is -2.30. The van der Waals surface area contributed by atoms with Gasteiger partial charge in [0.2, 0.25) is 5.60 Å². The van der Waals surface area contributed by atoms with E-state index in [1.165, 1.54) is 107 Å². The number of unbranched alkanes of at least 4 members (excludes halogenated alkanes) is 16. The number of nitrogen functional groups attached to an aromatic ring is 1. The van der Waals surface area contributed by atoms with Gasteiger partial charge in [0.05, 0.1) is 41.3 Å². The molecule has 382 valence electrons. The van der Waals surface area contributed by atoms with Crippen LogP contribution in [0.25, 0.3) is 11.2 Å². The molecule has 0 aliphatic carbocycles. The number of anilines is 1. The molecule has 71 heavy (non-hydrogen) atoms. The van der Waals surface area contributed by atoms with Gasteiger partial charge in [-0.3, -0.25) is 9.05 Å². The Hall–Kier alpha value is -4.94. The van der Waals surface area contributed by atoms with Crippen molar-refractivity contribution in [1.29, 1.82) is 10.5 Å². The fourth-order valence-corrected chi connectivity index (χ4v) is 10.8. The Bertz CT molecular complexity index is 2590. The molecule has 2 fully saturated rings. The van der Waals surface area contributed by atoms with E-state index in [0.717, 1.165) is 31.2 Å². The highest BCUT2D eigenvalue weighted by atomic mass is 35.5. The van der Waals surface area contributed by atoms with E-state index in [4.69, 9.17) is 49.9 Å². The summed E-state index contributed by atoms with van der Waals surface area (Å²) in [6.45, 7) is 5.06. The maximum absolute atomic E-state index is 15.0. The van der Waals surface area contributed by atoms with Gasteiger partial charge in [-0.25, -0.2) is 23.7 Å². The van der Waals surface area contributed by atoms with Gasteiger partial charge in [-0.1, -0.05) is 146 Å². The van der Waals surface area contributed by atoms with E-state index < -0.39 is 50.2 Å². The lowest BCUT2D eigenvalue weighted by atomic mass is 9.96. The Morgan fingerprint density at radius 3 is 2.18 bits per heavy atom. The Kier molecular flexibility index (Phi) is 19.8. The van der Waals surface area contributed by atoms with E-state index >= 15 is 4.57 Å². The lowest BCUT2D eigenvalue weighted by molar-refractivity contribution is -0.204. The average molecular weight is 1010 g/mol. The topological polar surface area (TPSA) is 216 Å².